The molecule has 35 heavy (non-hydrogen) atoms. The van der Waals surface area contributed by atoms with E-state index >= 15 is 0 Å². The van der Waals surface area contributed by atoms with Crippen LogP contribution in [0.15, 0.2) is 36.6 Å². The van der Waals surface area contributed by atoms with Crippen molar-refractivity contribution < 1.29 is 19.5 Å². The summed E-state index contributed by atoms with van der Waals surface area (Å²) in [4.78, 5) is 20.0. The molecule has 1 aromatic rings. The average Bonchev–Trinajstić information content (AvgIpc) is 2.87. The number of hydroxylamine groups is 1. The maximum atomic E-state index is 12.4. The van der Waals surface area contributed by atoms with Gasteiger partial charge in [0, 0.05) is 24.3 Å². The molecule has 1 saturated carbocycles. The zero-order valence-corrected chi connectivity index (χ0v) is 21.8. The SMILES string of the molecule is C=C(O)[C@@H](NCC1CCN(c2ccc(C(=O)NOC(C)OCC(C)C)cc2)CC1)C1CCCCC1. The van der Waals surface area contributed by atoms with Crippen LogP contribution in [0.25, 0.3) is 0 Å². The van der Waals surface area contributed by atoms with Crippen molar-refractivity contribution >= 4 is 11.6 Å². The minimum Gasteiger partial charge on any atom is -0.511 e. The van der Waals surface area contributed by atoms with Crippen molar-refractivity contribution in [1.82, 2.24) is 10.8 Å². The van der Waals surface area contributed by atoms with Gasteiger partial charge in [-0.25, -0.2) is 10.3 Å². The van der Waals surface area contributed by atoms with Gasteiger partial charge in [0.2, 0.25) is 0 Å². The molecule has 3 N–H and O–H groups in total. The Morgan fingerprint density at radius 2 is 1.74 bits per heavy atom. The molecule has 0 aromatic heterocycles. The summed E-state index contributed by atoms with van der Waals surface area (Å²) >= 11 is 0. The van der Waals surface area contributed by atoms with Crippen LogP contribution in [0.4, 0.5) is 5.69 Å². The lowest BCUT2D eigenvalue weighted by atomic mass is 9.83. The van der Waals surface area contributed by atoms with E-state index in [-0.39, 0.29) is 11.9 Å². The fourth-order valence-electron chi connectivity index (χ4n) is 5.09. The quantitative estimate of drug-likeness (QED) is 0.214. The zero-order chi connectivity index (χ0) is 25.2. The number of benzene rings is 1. The van der Waals surface area contributed by atoms with Gasteiger partial charge < -0.3 is 20.1 Å². The number of nitrogens with zero attached hydrogens (tertiary/aromatic N) is 1. The van der Waals surface area contributed by atoms with Crippen molar-refractivity contribution in [2.45, 2.75) is 78.0 Å². The fourth-order valence-corrected chi connectivity index (χ4v) is 5.09. The third kappa shape index (κ3) is 8.81. The molecule has 2 fully saturated rings. The molecule has 0 radical (unpaired) electrons. The number of piperidine rings is 1. The molecule has 0 bridgehead atoms. The fraction of sp³-hybridized carbons (Fsp3) is 0.679. The molecule has 7 nitrogen and oxygen atoms in total. The van der Waals surface area contributed by atoms with Gasteiger partial charge in [-0.2, -0.15) is 0 Å². The van der Waals surface area contributed by atoms with E-state index in [1.165, 1.54) is 32.1 Å². The Balaban J connectivity index is 1.40. The van der Waals surface area contributed by atoms with Gasteiger partial charge in [-0.15, -0.1) is 0 Å². The van der Waals surface area contributed by atoms with Crippen molar-refractivity contribution in [1.29, 1.82) is 0 Å². The summed E-state index contributed by atoms with van der Waals surface area (Å²) < 4.78 is 5.50. The standard InChI is InChI=1S/C28H45N3O4/c1-20(2)19-34-22(4)35-30-28(33)25-10-12-26(13-11-25)31-16-14-23(15-17-31)18-29-27(21(3)32)24-8-6-5-7-9-24/h10-13,20,22-24,27,29,32H,3,5-9,14-19H2,1-2,4H3,(H,30,33)/t22?,27-/m1/s1. The number of anilines is 1. The molecule has 0 spiro atoms. The maximum absolute atomic E-state index is 12.4. The number of hydrogen-bond donors (Lipinski definition) is 3. The summed E-state index contributed by atoms with van der Waals surface area (Å²) in [5.74, 6) is 1.53. The number of aliphatic hydroxyl groups excluding tert-OH is 1. The monoisotopic (exact) mass is 487 g/mol. The molecule has 1 aliphatic heterocycles. The first kappa shape index (κ1) is 27.5. The maximum Gasteiger partial charge on any atom is 0.274 e. The molecule has 3 rings (SSSR count). The largest absolute Gasteiger partial charge is 0.511 e. The van der Waals surface area contributed by atoms with Crippen molar-refractivity contribution in [2.24, 2.45) is 17.8 Å². The predicted molar refractivity (Wildman–Crippen MR) is 140 cm³/mol. The number of carbonyl (C=O) groups is 1. The lowest BCUT2D eigenvalue weighted by Gasteiger charge is -2.36. The smallest absolute Gasteiger partial charge is 0.274 e. The number of hydrogen-bond acceptors (Lipinski definition) is 6. The summed E-state index contributed by atoms with van der Waals surface area (Å²) in [5.41, 5.74) is 4.16. The highest BCUT2D eigenvalue weighted by Crippen LogP contribution is 2.29. The summed E-state index contributed by atoms with van der Waals surface area (Å²) in [6.45, 7) is 13.2. The van der Waals surface area contributed by atoms with E-state index in [2.05, 4.69) is 36.1 Å². The Kier molecular flexibility index (Phi) is 10.9. The Labute approximate surface area is 211 Å². The molecule has 196 valence electrons. The summed E-state index contributed by atoms with van der Waals surface area (Å²) in [6.07, 6.45) is 7.90. The van der Waals surface area contributed by atoms with Crippen molar-refractivity contribution in [2.75, 3.05) is 31.1 Å². The second-order valence-electron chi connectivity index (χ2n) is 10.6. The first-order valence-corrected chi connectivity index (χ1v) is 13.4. The highest BCUT2D eigenvalue weighted by atomic mass is 16.8. The van der Waals surface area contributed by atoms with Crippen LogP contribution in [0.2, 0.25) is 0 Å². The molecule has 7 heteroatoms. The van der Waals surface area contributed by atoms with Crippen molar-refractivity contribution in [3.05, 3.63) is 42.2 Å². The first-order valence-electron chi connectivity index (χ1n) is 13.4. The normalized spacial score (nSPS) is 19.5. The number of rotatable bonds is 12. The van der Waals surface area contributed by atoms with Crippen molar-refractivity contribution in [3.63, 3.8) is 0 Å². The molecule has 2 atom stereocenters. The van der Waals surface area contributed by atoms with E-state index in [0.29, 0.717) is 35.7 Å². The van der Waals surface area contributed by atoms with Gasteiger partial charge >= 0.3 is 0 Å². The van der Waals surface area contributed by atoms with Gasteiger partial charge in [0.05, 0.1) is 12.6 Å². The van der Waals surface area contributed by atoms with E-state index in [4.69, 9.17) is 9.57 Å². The van der Waals surface area contributed by atoms with Gasteiger partial charge in [0.15, 0.2) is 6.29 Å². The number of nitrogens with one attached hydrogen (secondary N) is 2. The van der Waals surface area contributed by atoms with Gasteiger partial charge in [-0.1, -0.05) is 39.7 Å². The first-order chi connectivity index (χ1) is 16.8. The van der Waals surface area contributed by atoms with Crippen LogP contribution in [-0.2, 0) is 9.57 Å². The Morgan fingerprint density at radius 3 is 2.34 bits per heavy atom. The minimum absolute atomic E-state index is 0.0285. The van der Waals surface area contributed by atoms with Crippen LogP contribution in [0.3, 0.4) is 0 Å². The molecule has 1 unspecified atom stereocenters. The van der Waals surface area contributed by atoms with Gasteiger partial charge in [-0.3, -0.25) is 4.79 Å². The number of aliphatic hydroxyl groups is 1. The Bertz CT molecular complexity index is 784. The number of amides is 1. The highest BCUT2D eigenvalue weighted by molar-refractivity contribution is 5.93. The molecule has 2 aliphatic rings. The molecule has 1 saturated heterocycles. The van der Waals surface area contributed by atoms with E-state index in [9.17, 15) is 9.90 Å². The molecule has 1 heterocycles. The lowest BCUT2D eigenvalue weighted by Crippen LogP contribution is -2.43. The Hall–Kier alpha value is -2.09. The van der Waals surface area contributed by atoms with Crippen LogP contribution < -0.4 is 15.7 Å². The van der Waals surface area contributed by atoms with E-state index in [1.54, 1.807) is 6.92 Å². The summed E-state index contributed by atoms with van der Waals surface area (Å²) in [6, 6.07) is 7.70. The number of carbonyl (C=O) groups excluding carboxylic acids is 1. The third-order valence-electron chi connectivity index (χ3n) is 7.20. The second kappa shape index (κ2) is 13.9. The van der Waals surface area contributed by atoms with Crippen LogP contribution in [0.1, 0.15) is 76.1 Å². The van der Waals surface area contributed by atoms with Gasteiger partial charge in [-0.05, 0) is 81.2 Å². The molecule has 1 aromatic carbocycles. The van der Waals surface area contributed by atoms with Gasteiger partial charge in [0.1, 0.15) is 5.76 Å². The number of ether oxygens (including phenoxy) is 1. The van der Waals surface area contributed by atoms with Crippen molar-refractivity contribution in [3.8, 4) is 0 Å². The van der Waals surface area contributed by atoms with E-state index in [1.807, 2.05) is 24.3 Å². The minimum atomic E-state index is -0.496. The molecular formula is C28H45N3O4. The molecular weight excluding hydrogens is 442 g/mol. The van der Waals surface area contributed by atoms with Crippen LogP contribution in [0, 0.1) is 17.8 Å². The van der Waals surface area contributed by atoms with Crippen LogP contribution in [-0.4, -0.2) is 49.6 Å². The molecule has 1 aliphatic carbocycles. The zero-order valence-electron chi connectivity index (χ0n) is 21.8. The second-order valence-corrected chi connectivity index (χ2v) is 10.6. The summed E-state index contributed by atoms with van der Waals surface area (Å²) in [7, 11) is 0. The summed E-state index contributed by atoms with van der Waals surface area (Å²) in [5, 5.41) is 13.8. The van der Waals surface area contributed by atoms with Crippen LogP contribution in [0.5, 0.6) is 0 Å². The topological polar surface area (TPSA) is 83.1 Å². The highest BCUT2D eigenvalue weighted by Gasteiger charge is 2.27. The predicted octanol–water partition coefficient (Wildman–Crippen LogP) is 5.19. The average molecular weight is 488 g/mol. The van der Waals surface area contributed by atoms with E-state index < -0.39 is 6.29 Å². The van der Waals surface area contributed by atoms with E-state index in [0.717, 1.165) is 38.2 Å². The Morgan fingerprint density at radius 1 is 1.09 bits per heavy atom. The van der Waals surface area contributed by atoms with Gasteiger partial charge in [0.25, 0.3) is 5.91 Å². The molecule has 1 amide bonds. The lowest BCUT2D eigenvalue weighted by molar-refractivity contribution is -0.163. The third-order valence-corrected chi connectivity index (χ3v) is 7.20. The van der Waals surface area contributed by atoms with Crippen LogP contribution >= 0.6 is 0 Å².